The van der Waals surface area contributed by atoms with E-state index in [4.69, 9.17) is 9.72 Å². The van der Waals surface area contributed by atoms with Crippen LogP contribution < -0.4 is 25.8 Å². The normalized spacial score (nSPS) is 18.6. The van der Waals surface area contributed by atoms with Crippen molar-refractivity contribution in [1.82, 2.24) is 29.6 Å². The Kier molecular flexibility index (Phi) is 5.70. The van der Waals surface area contributed by atoms with E-state index in [2.05, 4.69) is 46.6 Å². The van der Waals surface area contributed by atoms with Gasteiger partial charge in [0.05, 0.1) is 18.4 Å². The van der Waals surface area contributed by atoms with E-state index in [0.717, 1.165) is 31.5 Å². The zero-order chi connectivity index (χ0) is 27.4. The number of nitrogens with zero attached hydrogens (tertiary/aromatic N) is 6. The van der Waals surface area contributed by atoms with E-state index < -0.39 is 0 Å². The standard InChI is InChI=1S/C29H30N8O3/c1-29(2)22-13-19(8-7-18(22)9-10-32-29)33-28-31-16-21-25(34-28)37-20-14-23-26(30-15-20)40-17-24(38)35(23)11-5-3-4-6-12-36(37)27(21)39/h4,6-8,13-16,32H,3,5,9-12,17H2,1-2H3,(H,31,33,34)/b6-4-. The number of benzene rings is 1. The Morgan fingerprint density at radius 3 is 2.90 bits per heavy atom. The van der Waals surface area contributed by atoms with Crippen LogP contribution in [0.25, 0.3) is 16.7 Å². The number of hydrogen-bond donors (Lipinski definition) is 2. The SMILES string of the molecule is CC1(C)NCCc2ccc(Nc3ncc4c(=O)n5n(c4n3)-c3cnc4c(c3)N(CCC/C=C\C5)C(=O)CO4)cc21. The summed E-state index contributed by atoms with van der Waals surface area (Å²) >= 11 is 0. The lowest BCUT2D eigenvalue weighted by atomic mass is 9.85. The largest absolute Gasteiger partial charge is 0.466 e. The van der Waals surface area contributed by atoms with Gasteiger partial charge in [0, 0.05) is 24.0 Å². The van der Waals surface area contributed by atoms with E-state index in [1.165, 1.54) is 11.1 Å². The van der Waals surface area contributed by atoms with Gasteiger partial charge in [0.25, 0.3) is 11.5 Å². The topological polar surface area (TPSA) is 119 Å². The van der Waals surface area contributed by atoms with Crippen LogP contribution in [0, 0.1) is 0 Å². The van der Waals surface area contributed by atoms with Crippen molar-refractivity contribution in [2.24, 2.45) is 0 Å². The maximum atomic E-state index is 13.5. The molecule has 4 aromatic rings. The van der Waals surface area contributed by atoms with E-state index in [1.54, 1.807) is 26.7 Å². The minimum absolute atomic E-state index is 0.0372. The van der Waals surface area contributed by atoms with E-state index >= 15 is 0 Å². The predicted molar refractivity (Wildman–Crippen MR) is 152 cm³/mol. The van der Waals surface area contributed by atoms with Crippen LogP contribution >= 0.6 is 0 Å². The number of rotatable bonds is 2. The molecule has 0 saturated heterocycles. The molecule has 6 heterocycles. The maximum absolute atomic E-state index is 13.5. The van der Waals surface area contributed by atoms with Gasteiger partial charge in [-0.3, -0.25) is 9.59 Å². The molecule has 204 valence electrons. The van der Waals surface area contributed by atoms with Crippen LogP contribution in [0.15, 0.2) is 53.6 Å². The summed E-state index contributed by atoms with van der Waals surface area (Å²) in [5.41, 5.74) is 4.75. The zero-order valence-electron chi connectivity index (χ0n) is 22.5. The number of aromatic nitrogens is 5. The van der Waals surface area contributed by atoms with Crippen LogP contribution in [0.2, 0.25) is 0 Å². The molecule has 7 rings (SSSR count). The predicted octanol–water partition coefficient (Wildman–Crippen LogP) is 3.18. The van der Waals surface area contributed by atoms with Crippen LogP contribution in [0.4, 0.5) is 17.3 Å². The molecule has 1 aromatic carbocycles. The van der Waals surface area contributed by atoms with Gasteiger partial charge in [0.2, 0.25) is 11.8 Å². The highest BCUT2D eigenvalue weighted by molar-refractivity contribution is 5.97. The van der Waals surface area contributed by atoms with Crippen LogP contribution in [0.1, 0.15) is 37.8 Å². The van der Waals surface area contributed by atoms with Crippen molar-refractivity contribution in [2.75, 3.05) is 29.9 Å². The number of carbonyl (C=O) groups excluding carboxylic acids is 1. The van der Waals surface area contributed by atoms with Gasteiger partial charge in [0.15, 0.2) is 12.3 Å². The molecule has 0 saturated carbocycles. The first-order valence-electron chi connectivity index (χ1n) is 13.6. The molecular formula is C29H30N8O3. The summed E-state index contributed by atoms with van der Waals surface area (Å²) in [7, 11) is 0. The summed E-state index contributed by atoms with van der Waals surface area (Å²) in [6.07, 6.45) is 9.78. The lowest BCUT2D eigenvalue weighted by molar-refractivity contribution is -0.121. The molecule has 0 aliphatic carbocycles. The fourth-order valence-electron chi connectivity index (χ4n) is 5.80. The van der Waals surface area contributed by atoms with Gasteiger partial charge < -0.3 is 20.3 Å². The summed E-state index contributed by atoms with van der Waals surface area (Å²) in [6, 6.07) is 8.16. The van der Waals surface area contributed by atoms with Crippen molar-refractivity contribution in [3.05, 3.63) is 70.3 Å². The minimum Gasteiger partial charge on any atom is -0.466 e. The number of carbonyl (C=O) groups is 1. The molecule has 3 aliphatic rings. The molecule has 0 radical (unpaired) electrons. The number of anilines is 3. The Labute approximate surface area is 230 Å². The summed E-state index contributed by atoms with van der Waals surface area (Å²) in [6.45, 7) is 6.20. The number of hydrogen-bond acceptors (Lipinski definition) is 8. The van der Waals surface area contributed by atoms with Crippen molar-refractivity contribution < 1.29 is 9.53 Å². The average Bonchev–Trinajstić information content (AvgIpc) is 3.21. The molecule has 11 heteroatoms. The van der Waals surface area contributed by atoms with Gasteiger partial charge in [-0.05, 0) is 69.0 Å². The van der Waals surface area contributed by atoms with Gasteiger partial charge in [-0.25, -0.2) is 19.3 Å². The first-order chi connectivity index (χ1) is 19.4. The molecule has 40 heavy (non-hydrogen) atoms. The third-order valence-electron chi connectivity index (χ3n) is 7.86. The second-order valence-electron chi connectivity index (χ2n) is 10.9. The second-order valence-corrected chi connectivity index (χ2v) is 10.9. The van der Waals surface area contributed by atoms with Crippen LogP contribution in [0.5, 0.6) is 5.88 Å². The first-order valence-corrected chi connectivity index (χ1v) is 13.6. The summed E-state index contributed by atoms with van der Waals surface area (Å²) in [4.78, 5) is 41.7. The second kappa shape index (κ2) is 9.30. The third-order valence-corrected chi connectivity index (χ3v) is 7.86. The highest BCUT2D eigenvalue weighted by atomic mass is 16.5. The first kappa shape index (κ1) is 24.5. The fourth-order valence-corrected chi connectivity index (χ4v) is 5.80. The molecule has 3 aliphatic heterocycles. The molecule has 0 atom stereocenters. The Morgan fingerprint density at radius 1 is 1.10 bits per heavy atom. The van der Waals surface area contributed by atoms with E-state index in [1.807, 2.05) is 24.3 Å². The number of allylic oxidation sites excluding steroid dienone is 2. The molecule has 2 N–H and O–H groups in total. The minimum atomic E-state index is -0.202. The smallest absolute Gasteiger partial charge is 0.278 e. The Morgan fingerprint density at radius 2 is 2.00 bits per heavy atom. The number of nitrogens with one attached hydrogen (secondary N) is 2. The monoisotopic (exact) mass is 538 g/mol. The number of pyridine rings is 1. The van der Waals surface area contributed by atoms with Crippen LogP contribution in [-0.2, 0) is 23.3 Å². The number of fused-ring (bicyclic) bond motifs is 6. The lowest BCUT2D eigenvalue weighted by Gasteiger charge is -2.34. The van der Waals surface area contributed by atoms with Crippen LogP contribution in [0.3, 0.4) is 0 Å². The summed E-state index contributed by atoms with van der Waals surface area (Å²) in [5, 5.41) is 7.31. The van der Waals surface area contributed by atoms with Gasteiger partial charge in [-0.2, -0.15) is 4.98 Å². The van der Waals surface area contributed by atoms with E-state index in [-0.39, 0.29) is 23.6 Å². The molecule has 11 nitrogen and oxygen atoms in total. The number of amides is 1. The molecule has 3 aromatic heterocycles. The Balaban J connectivity index is 1.35. The third kappa shape index (κ3) is 4.04. The molecule has 0 unspecified atom stereocenters. The Bertz CT molecular complexity index is 1750. The average molecular weight is 539 g/mol. The van der Waals surface area contributed by atoms with Crippen molar-refractivity contribution in [1.29, 1.82) is 0 Å². The van der Waals surface area contributed by atoms with Gasteiger partial charge >= 0.3 is 0 Å². The summed E-state index contributed by atoms with van der Waals surface area (Å²) < 4.78 is 8.97. The van der Waals surface area contributed by atoms with Crippen molar-refractivity contribution in [3.63, 3.8) is 0 Å². The van der Waals surface area contributed by atoms with Gasteiger partial charge in [-0.1, -0.05) is 18.2 Å². The molecule has 0 spiro atoms. The van der Waals surface area contributed by atoms with Gasteiger partial charge in [-0.15, -0.1) is 0 Å². The summed E-state index contributed by atoms with van der Waals surface area (Å²) in [5.74, 6) is 0.672. The van der Waals surface area contributed by atoms with E-state index in [9.17, 15) is 9.59 Å². The van der Waals surface area contributed by atoms with Crippen molar-refractivity contribution >= 4 is 34.3 Å². The zero-order valence-corrected chi connectivity index (χ0v) is 22.5. The van der Waals surface area contributed by atoms with Gasteiger partial charge in [0.1, 0.15) is 11.1 Å². The Hall–Kier alpha value is -4.51. The highest BCUT2D eigenvalue weighted by Crippen LogP contribution is 2.34. The highest BCUT2D eigenvalue weighted by Gasteiger charge is 2.29. The quantitative estimate of drug-likeness (QED) is 0.374. The number of ether oxygens (including phenoxy) is 1. The van der Waals surface area contributed by atoms with Crippen molar-refractivity contribution in [2.45, 2.75) is 45.2 Å². The maximum Gasteiger partial charge on any atom is 0.278 e. The molecule has 2 bridgehead atoms. The van der Waals surface area contributed by atoms with Crippen LogP contribution in [-0.4, -0.2) is 49.9 Å². The molecule has 1 amide bonds. The molecule has 0 fully saturated rings. The molecular weight excluding hydrogens is 508 g/mol. The fraction of sp³-hybridized carbons (Fsp3) is 0.345. The lowest BCUT2D eigenvalue weighted by Crippen LogP contribution is -2.42. The van der Waals surface area contributed by atoms with E-state index in [0.29, 0.717) is 47.3 Å². The van der Waals surface area contributed by atoms with Crippen molar-refractivity contribution in [3.8, 4) is 11.6 Å².